The molecule has 3 nitrogen and oxygen atoms in total. The number of aliphatic hydroxyl groups excluding tert-OH is 2. The van der Waals surface area contributed by atoms with Gasteiger partial charge in [0.1, 0.15) is 5.75 Å². The van der Waals surface area contributed by atoms with Gasteiger partial charge in [0.15, 0.2) is 0 Å². The van der Waals surface area contributed by atoms with Gasteiger partial charge in [-0.15, -0.1) is 0 Å². The Morgan fingerprint density at radius 2 is 2.00 bits per heavy atom. The summed E-state index contributed by atoms with van der Waals surface area (Å²) in [6.07, 6.45) is 0.502. The number of ether oxygens (including phenoxy) is 1. The highest BCUT2D eigenvalue weighted by Gasteiger charge is 2.00. The molecule has 0 aliphatic heterocycles. The zero-order valence-corrected chi connectivity index (χ0v) is 12.7. The highest BCUT2D eigenvalue weighted by atomic mass is 32.2. The van der Waals surface area contributed by atoms with E-state index in [2.05, 4.69) is 11.8 Å². The molecule has 0 aliphatic carbocycles. The van der Waals surface area contributed by atoms with Crippen molar-refractivity contribution in [3.8, 4) is 17.6 Å². The van der Waals surface area contributed by atoms with Crippen molar-refractivity contribution in [2.24, 2.45) is 5.92 Å². The fourth-order valence-electron chi connectivity index (χ4n) is 1.41. The Kier molecular flexibility index (Phi) is 8.97. The minimum absolute atomic E-state index is 0.0980. The summed E-state index contributed by atoms with van der Waals surface area (Å²) in [5, 5.41) is 17.5. The minimum atomic E-state index is 0.0980. The molecular weight excluding hydrogens is 272 g/mol. The lowest BCUT2D eigenvalue weighted by Crippen LogP contribution is -2.06. The summed E-state index contributed by atoms with van der Waals surface area (Å²) in [6.45, 7) is 3.04. The maximum atomic E-state index is 8.90. The van der Waals surface area contributed by atoms with Crippen LogP contribution in [0.25, 0.3) is 0 Å². The third-order valence-electron chi connectivity index (χ3n) is 2.53. The van der Waals surface area contributed by atoms with E-state index in [-0.39, 0.29) is 13.2 Å². The van der Waals surface area contributed by atoms with Gasteiger partial charge in [0.25, 0.3) is 0 Å². The normalized spacial score (nSPS) is 11.6. The Balaban J connectivity index is 2.23. The molecule has 1 rings (SSSR count). The second-order valence-corrected chi connectivity index (χ2v) is 5.66. The fourth-order valence-corrected chi connectivity index (χ4v) is 2.29. The van der Waals surface area contributed by atoms with Gasteiger partial charge in [-0.3, -0.25) is 0 Å². The Hall–Kier alpha value is -1.15. The summed E-state index contributed by atoms with van der Waals surface area (Å²) in [5.41, 5.74) is 0.928. The van der Waals surface area contributed by atoms with Crippen molar-refractivity contribution in [1.29, 1.82) is 0 Å². The second-order valence-electron chi connectivity index (χ2n) is 4.51. The van der Waals surface area contributed by atoms with E-state index in [4.69, 9.17) is 14.9 Å². The van der Waals surface area contributed by atoms with Crippen LogP contribution in [0.15, 0.2) is 24.3 Å². The van der Waals surface area contributed by atoms with Crippen LogP contribution < -0.4 is 4.74 Å². The van der Waals surface area contributed by atoms with Crippen molar-refractivity contribution < 1.29 is 14.9 Å². The van der Waals surface area contributed by atoms with Crippen molar-refractivity contribution in [3.05, 3.63) is 29.8 Å². The van der Waals surface area contributed by atoms with Gasteiger partial charge in [0.2, 0.25) is 0 Å². The van der Waals surface area contributed by atoms with Gasteiger partial charge in [0, 0.05) is 24.3 Å². The molecule has 2 N–H and O–H groups in total. The second kappa shape index (κ2) is 10.6. The topological polar surface area (TPSA) is 49.7 Å². The molecule has 0 radical (unpaired) electrons. The van der Waals surface area contributed by atoms with Gasteiger partial charge in [-0.25, -0.2) is 0 Å². The Bertz CT molecular complexity index is 420. The third-order valence-corrected chi connectivity index (χ3v) is 3.79. The van der Waals surface area contributed by atoms with Crippen LogP contribution >= 0.6 is 11.8 Å². The number of hydrogen-bond donors (Lipinski definition) is 2. The van der Waals surface area contributed by atoms with Gasteiger partial charge in [-0.05, 0) is 35.9 Å². The van der Waals surface area contributed by atoms with Crippen LogP contribution in [0.5, 0.6) is 5.75 Å². The number of aliphatic hydroxyl groups is 2. The van der Waals surface area contributed by atoms with E-state index in [0.29, 0.717) is 18.9 Å². The van der Waals surface area contributed by atoms with Gasteiger partial charge >= 0.3 is 0 Å². The third kappa shape index (κ3) is 7.44. The van der Waals surface area contributed by atoms with Gasteiger partial charge < -0.3 is 14.9 Å². The van der Waals surface area contributed by atoms with Crippen LogP contribution in [0.2, 0.25) is 0 Å². The van der Waals surface area contributed by atoms with Crippen molar-refractivity contribution in [2.75, 3.05) is 31.3 Å². The van der Waals surface area contributed by atoms with E-state index in [0.717, 1.165) is 22.8 Å². The number of thioether (sulfide) groups is 1. The van der Waals surface area contributed by atoms with Gasteiger partial charge in [-0.1, -0.05) is 18.8 Å². The Labute approximate surface area is 125 Å². The van der Waals surface area contributed by atoms with Crippen molar-refractivity contribution >= 4 is 11.8 Å². The summed E-state index contributed by atoms with van der Waals surface area (Å²) in [4.78, 5) is 0. The van der Waals surface area contributed by atoms with E-state index < -0.39 is 0 Å². The number of rotatable bonds is 8. The minimum Gasteiger partial charge on any atom is -0.493 e. The molecule has 110 valence electrons. The van der Waals surface area contributed by atoms with Crippen molar-refractivity contribution in [3.63, 3.8) is 0 Å². The number of benzene rings is 1. The molecule has 0 aromatic heterocycles. The van der Waals surface area contributed by atoms with Crippen molar-refractivity contribution in [1.82, 2.24) is 0 Å². The summed E-state index contributed by atoms with van der Waals surface area (Å²) < 4.78 is 5.63. The first kappa shape index (κ1) is 16.9. The molecule has 0 heterocycles. The monoisotopic (exact) mass is 294 g/mol. The predicted molar refractivity (Wildman–Crippen MR) is 84.1 cm³/mol. The highest BCUT2D eigenvalue weighted by molar-refractivity contribution is 7.99. The summed E-state index contributed by atoms with van der Waals surface area (Å²) in [5.74, 6) is 8.92. The fraction of sp³-hybridized carbons (Fsp3) is 0.500. The van der Waals surface area contributed by atoms with Crippen LogP contribution in [-0.4, -0.2) is 41.5 Å². The molecule has 0 saturated heterocycles. The van der Waals surface area contributed by atoms with Crippen molar-refractivity contribution in [2.45, 2.75) is 13.3 Å². The van der Waals surface area contributed by atoms with Crippen LogP contribution in [0.1, 0.15) is 18.9 Å². The van der Waals surface area contributed by atoms with E-state index >= 15 is 0 Å². The SMILES string of the molecule is CC(CO)CSCCOc1ccc(C#CCCO)cc1. The smallest absolute Gasteiger partial charge is 0.119 e. The van der Waals surface area contributed by atoms with Crippen LogP contribution in [0.4, 0.5) is 0 Å². The van der Waals surface area contributed by atoms with E-state index in [1.807, 2.05) is 31.2 Å². The molecule has 0 bridgehead atoms. The molecule has 0 amide bonds. The molecule has 1 aromatic carbocycles. The first-order chi connectivity index (χ1) is 9.76. The molecule has 4 heteroatoms. The predicted octanol–water partition coefficient (Wildman–Crippen LogP) is 2.16. The molecule has 1 aromatic rings. The van der Waals surface area contributed by atoms with Gasteiger partial charge in [-0.2, -0.15) is 11.8 Å². The van der Waals surface area contributed by atoms with E-state index in [1.54, 1.807) is 11.8 Å². The van der Waals surface area contributed by atoms with Crippen LogP contribution in [0.3, 0.4) is 0 Å². The first-order valence-electron chi connectivity index (χ1n) is 6.77. The van der Waals surface area contributed by atoms with Gasteiger partial charge in [0.05, 0.1) is 13.2 Å². The molecule has 20 heavy (non-hydrogen) atoms. The number of hydrogen-bond acceptors (Lipinski definition) is 4. The zero-order valence-electron chi connectivity index (χ0n) is 11.8. The highest BCUT2D eigenvalue weighted by Crippen LogP contribution is 2.13. The lowest BCUT2D eigenvalue weighted by Gasteiger charge is -2.08. The standard InChI is InChI=1S/C16H22O3S/c1-14(12-18)13-20-11-10-19-16-7-5-15(6-8-16)4-2-3-9-17/h5-8,14,17-18H,3,9-13H2,1H3. The lowest BCUT2D eigenvalue weighted by molar-refractivity contribution is 0.250. The maximum Gasteiger partial charge on any atom is 0.119 e. The average Bonchev–Trinajstić information content (AvgIpc) is 2.48. The first-order valence-corrected chi connectivity index (χ1v) is 7.93. The zero-order chi connectivity index (χ0) is 14.6. The summed E-state index contributed by atoms with van der Waals surface area (Å²) in [6, 6.07) is 7.65. The molecular formula is C16H22O3S. The molecule has 0 fully saturated rings. The summed E-state index contributed by atoms with van der Waals surface area (Å²) >= 11 is 1.79. The lowest BCUT2D eigenvalue weighted by atomic mass is 10.2. The Morgan fingerprint density at radius 1 is 1.25 bits per heavy atom. The largest absolute Gasteiger partial charge is 0.493 e. The Morgan fingerprint density at radius 3 is 2.65 bits per heavy atom. The maximum absolute atomic E-state index is 8.90. The van der Waals surface area contributed by atoms with Crippen LogP contribution in [0, 0.1) is 17.8 Å². The molecule has 1 unspecified atom stereocenters. The average molecular weight is 294 g/mol. The van der Waals surface area contributed by atoms with E-state index in [9.17, 15) is 0 Å². The molecule has 0 spiro atoms. The molecule has 0 aliphatic rings. The van der Waals surface area contributed by atoms with E-state index in [1.165, 1.54) is 0 Å². The van der Waals surface area contributed by atoms with Crippen LogP contribution in [-0.2, 0) is 0 Å². The summed E-state index contributed by atoms with van der Waals surface area (Å²) in [7, 11) is 0. The molecule has 0 saturated carbocycles. The molecule has 1 atom stereocenters. The quantitative estimate of drug-likeness (QED) is 0.570.